The molecule has 0 atom stereocenters. The summed E-state index contributed by atoms with van der Waals surface area (Å²) >= 11 is 0. The summed E-state index contributed by atoms with van der Waals surface area (Å²) in [6.45, 7) is 8.02. The van der Waals surface area contributed by atoms with Gasteiger partial charge in [0.25, 0.3) is 0 Å². The molecule has 2 aromatic carbocycles. The van der Waals surface area contributed by atoms with Gasteiger partial charge >= 0.3 is 13.1 Å². The first kappa shape index (κ1) is 24.5. The van der Waals surface area contributed by atoms with Crippen molar-refractivity contribution < 1.29 is 32.7 Å². The van der Waals surface area contributed by atoms with Crippen molar-refractivity contribution >= 4 is 29.3 Å². The number of benzene rings is 2. The summed E-state index contributed by atoms with van der Waals surface area (Å²) in [5.74, 6) is 0.0347. The van der Waals surface area contributed by atoms with Crippen molar-refractivity contribution in [1.29, 1.82) is 0 Å². The highest BCUT2D eigenvalue weighted by atomic mass is 19.1. The van der Waals surface area contributed by atoms with E-state index in [0.29, 0.717) is 37.0 Å². The lowest BCUT2D eigenvalue weighted by atomic mass is 9.74. The molecular weight excluding hydrogens is 414 g/mol. The van der Waals surface area contributed by atoms with Crippen LogP contribution in [0.5, 0.6) is 5.75 Å². The van der Waals surface area contributed by atoms with Crippen LogP contribution >= 0.6 is 0 Å². The van der Waals surface area contributed by atoms with Crippen LogP contribution in [-0.4, -0.2) is 45.3 Å². The average molecular weight is 446 g/mol. The Balaban J connectivity index is 2.04. The molecule has 6 nitrogen and oxygen atoms in total. The van der Waals surface area contributed by atoms with Gasteiger partial charge in [0.15, 0.2) is 6.79 Å². The third-order valence-electron chi connectivity index (χ3n) is 6.31. The van der Waals surface area contributed by atoms with Crippen LogP contribution in [0.15, 0.2) is 24.3 Å². The fourth-order valence-corrected chi connectivity index (χ4v) is 3.81. The van der Waals surface area contributed by atoms with Crippen LogP contribution in [0.2, 0.25) is 0 Å². The molecule has 0 radical (unpaired) electrons. The standard InChI is InChI=1S/C24H32BFO6/c1-23(2)24(3,4)32-25(31-23)19-14-17(30-15-28-5)13-16-11-12-20(26)18(22(16)19)9-7-8-10-21(27)29-6/h11-14H,7-10,15H2,1-6H3. The lowest BCUT2D eigenvalue weighted by molar-refractivity contribution is -0.140. The van der Waals surface area contributed by atoms with E-state index in [4.69, 9.17) is 23.5 Å². The van der Waals surface area contributed by atoms with Gasteiger partial charge in [0.1, 0.15) is 11.6 Å². The molecule has 1 aliphatic rings. The number of unbranched alkanes of at least 4 members (excludes halogenated alkanes) is 1. The number of ether oxygens (including phenoxy) is 3. The topological polar surface area (TPSA) is 63.2 Å². The smallest absolute Gasteiger partial charge is 0.469 e. The number of carbonyl (C=O) groups is 1. The van der Waals surface area contributed by atoms with Crippen molar-refractivity contribution in [3.8, 4) is 5.75 Å². The summed E-state index contributed by atoms with van der Waals surface area (Å²) in [6.07, 6.45) is 2.05. The number of esters is 1. The highest BCUT2D eigenvalue weighted by molar-refractivity contribution is 6.65. The van der Waals surface area contributed by atoms with Gasteiger partial charge in [-0.05, 0) is 87.0 Å². The molecule has 0 aromatic heterocycles. The highest BCUT2D eigenvalue weighted by Crippen LogP contribution is 2.38. The van der Waals surface area contributed by atoms with Crippen LogP contribution in [0, 0.1) is 5.82 Å². The molecule has 0 saturated carbocycles. The maximum atomic E-state index is 15.0. The lowest BCUT2D eigenvalue weighted by Crippen LogP contribution is -2.41. The molecule has 1 heterocycles. The number of hydrogen-bond acceptors (Lipinski definition) is 6. The van der Waals surface area contributed by atoms with Gasteiger partial charge in [0.05, 0.1) is 18.3 Å². The Morgan fingerprint density at radius 3 is 2.38 bits per heavy atom. The number of hydrogen-bond donors (Lipinski definition) is 0. The Morgan fingerprint density at radius 2 is 1.75 bits per heavy atom. The minimum Gasteiger partial charge on any atom is -0.469 e. The summed E-state index contributed by atoms with van der Waals surface area (Å²) in [5, 5.41) is 1.58. The van der Waals surface area contributed by atoms with Gasteiger partial charge in [-0.3, -0.25) is 4.79 Å². The Labute approximate surface area is 189 Å². The second kappa shape index (κ2) is 9.77. The first-order valence-corrected chi connectivity index (χ1v) is 10.9. The monoisotopic (exact) mass is 446 g/mol. The maximum Gasteiger partial charge on any atom is 0.495 e. The first-order valence-electron chi connectivity index (χ1n) is 10.9. The molecule has 1 aliphatic heterocycles. The number of halogens is 1. The predicted octanol–water partition coefficient (Wildman–Crippen LogP) is 4.15. The van der Waals surface area contributed by atoms with E-state index >= 15 is 4.39 Å². The lowest BCUT2D eigenvalue weighted by Gasteiger charge is -2.32. The minimum absolute atomic E-state index is 0.0931. The van der Waals surface area contributed by atoms with E-state index in [0.717, 1.165) is 16.2 Å². The molecule has 1 saturated heterocycles. The van der Waals surface area contributed by atoms with Gasteiger partial charge in [-0.25, -0.2) is 4.39 Å². The molecule has 0 N–H and O–H groups in total. The maximum absolute atomic E-state index is 15.0. The van der Waals surface area contributed by atoms with E-state index in [9.17, 15) is 4.79 Å². The molecule has 3 rings (SSSR count). The van der Waals surface area contributed by atoms with E-state index in [1.54, 1.807) is 13.2 Å². The van der Waals surface area contributed by atoms with Crippen LogP contribution in [-0.2, 0) is 30.0 Å². The predicted molar refractivity (Wildman–Crippen MR) is 122 cm³/mol. The van der Waals surface area contributed by atoms with Gasteiger partial charge in [-0.2, -0.15) is 0 Å². The Kier molecular flexibility index (Phi) is 7.48. The van der Waals surface area contributed by atoms with Crippen LogP contribution < -0.4 is 10.2 Å². The second-order valence-electron chi connectivity index (χ2n) is 9.06. The molecule has 0 bridgehead atoms. The van der Waals surface area contributed by atoms with Crippen LogP contribution in [0.4, 0.5) is 4.39 Å². The largest absolute Gasteiger partial charge is 0.495 e. The quantitative estimate of drug-likeness (QED) is 0.250. The third-order valence-corrected chi connectivity index (χ3v) is 6.31. The van der Waals surface area contributed by atoms with Crippen molar-refractivity contribution in [2.24, 2.45) is 0 Å². The summed E-state index contributed by atoms with van der Waals surface area (Å²) < 4.78 is 43.0. The molecule has 1 fully saturated rings. The van der Waals surface area contributed by atoms with E-state index in [1.165, 1.54) is 13.2 Å². The fraction of sp³-hybridized carbons (Fsp3) is 0.542. The zero-order valence-corrected chi connectivity index (χ0v) is 19.7. The molecule has 2 aromatic rings. The van der Waals surface area contributed by atoms with E-state index in [2.05, 4.69) is 0 Å². The second-order valence-corrected chi connectivity index (χ2v) is 9.06. The Bertz CT molecular complexity index is 959. The molecule has 0 amide bonds. The van der Waals surface area contributed by atoms with Gasteiger partial charge in [-0.1, -0.05) is 6.07 Å². The third kappa shape index (κ3) is 5.08. The molecule has 0 spiro atoms. The number of fused-ring (bicyclic) bond motifs is 1. The zero-order valence-electron chi connectivity index (χ0n) is 19.7. The first-order chi connectivity index (χ1) is 15.1. The summed E-state index contributed by atoms with van der Waals surface area (Å²) in [4.78, 5) is 11.4. The Morgan fingerprint density at radius 1 is 1.06 bits per heavy atom. The summed E-state index contributed by atoms with van der Waals surface area (Å²) in [6, 6.07) is 6.89. The van der Waals surface area contributed by atoms with Crippen molar-refractivity contribution in [2.75, 3.05) is 21.0 Å². The molecule has 0 unspecified atom stereocenters. The number of aryl methyl sites for hydroxylation is 1. The van der Waals surface area contributed by atoms with E-state index in [1.807, 2.05) is 39.8 Å². The fourth-order valence-electron chi connectivity index (χ4n) is 3.81. The number of rotatable bonds is 9. The van der Waals surface area contributed by atoms with Crippen molar-refractivity contribution in [3.05, 3.63) is 35.6 Å². The number of carbonyl (C=O) groups excluding carboxylic acids is 1. The normalized spacial score (nSPS) is 17.0. The SMILES string of the molecule is COCOc1cc(B2OC(C)(C)C(C)(C)O2)c2c(CCCCC(=O)OC)c(F)ccc2c1. The molecule has 0 aliphatic carbocycles. The zero-order chi connectivity index (χ0) is 23.5. The van der Waals surface area contributed by atoms with Gasteiger partial charge in [0.2, 0.25) is 0 Å². The summed E-state index contributed by atoms with van der Waals surface area (Å²) in [5.41, 5.74) is 0.216. The summed E-state index contributed by atoms with van der Waals surface area (Å²) in [7, 11) is 2.24. The van der Waals surface area contributed by atoms with Gasteiger partial charge in [-0.15, -0.1) is 0 Å². The van der Waals surface area contributed by atoms with E-state index in [-0.39, 0.29) is 18.6 Å². The van der Waals surface area contributed by atoms with Crippen LogP contribution in [0.25, 0.3) is 10.8 Å². The molecular formula is C24H32BFO6. The molecule has 8 heteroatoms. The van der Waals surface area contributed by atoms with Crippen LogP contribution in [0.1, 0.15) is 52.5 Å². The molecule has 174 valence electrons. The number of methoxy groups -OCH3 is 2. The van der Waals surface area contributed by atoms with Crippen LogP contribution in [0.3, 0.4) is 0 Å². The van der Waals surface area contributed by atoms with Crippen molar-refractivity contribution in [1.82, 2.24) is 0 Å². The van der Waals surface area contributed by atoms with E-state index < -0.39 is 18.3 Å². The van der Waals surface area contributed by atoms with Gasteiger partial charge < -0.3 is 23.5 Å². The molecule has 32 heavy (non-hydrogen) atoms. The van der Waals surface area contributed by atoms with Crippen molar-refractivity contribution in [3.63, 3.8) is 0 Å². The Hall–Kier alpha value is -2.16. The van der Waals surface area contributed by atoms with Crippen molar-refractivity contribution in [2.45, 2.75) is 64.6 Å². The average Bonchev–Trinajstić information content (AvgIpc) is 2.96. The van der Waals surface area contributed by atoms with Gasteiger partial charge in [0, 0.05) is 13.5 Å². The minimum atomic E-state index is -0.677. The highest BCUT2D eigenvalue weighted by Gasteiger charge is 2.52.